The molecule has 0 saturated carbocycles. The molecule has 0 spiro atoms. The Morgan fingerprint density at radius 1 is 0.316 bits per heavy atom. The molecule has 0 aliphatic carbocycles. The maximum atomic E-state index is 12.4. The van der Waals surface area contributed by atoms with Crippen LogP contribution in [0.15, 0.2) is 67.7 Å². The molecule has 11 aromatic rings. The molecule has 1 radical (unpaired) electrons. The number of nitrogens with zero attached hydrogens (tertiary/aromatic N) is 8. The zero-order chi connectivity index (χ0) is 37.1. The van der Waals surface area contributed by atoms with Crippen LogP contribution in [0.25, 0.3) is 134 Å². The summed E-state index contributed by atoms with van der Waals surface area (Å²) in [4.78, 5) is 111. The molecule has 0 amide bonds. The first kappa shape index (κ1) is 31.2. The molecule has 2 aliphatic rings. The third-order valence-corrected chi connectivity index (χ3v) is 10.2. The second-order valence-corrected chi connectivity index (χ2v) is 13.6. The minimum Gasteiger partial charge on any atom is -0.357 e. The fraction of sp³-hybridized carbons (Fsp3) is 0. The predicted octanol–water partition coefficient (Wildman–Crippen LogP) is 2.80. The molecule has 2 aliphatic heterocycles. The number of nitrogens with one attached hydrogen (secondary N) is 8. The first-order valence-electron chi connectivity index (χ1n) is 17.0. The van der Waals surface area contributed by atoms with E-state index in [1.807, 2.05) is 0 Å². The first-order valence-corrected chi connectivity index (χ1v) is 17.0. The summed E-state index contributed by atoms with van der Waals surface area (Å²) in [5.41, 5.74) is 5.99. The topological polar surface area (TPSA) is 300 Å². The maximum Gasteiger partial charge on any atom is 2.00 e. The number of hydrogen-bond acceptors (Lipinski definition) is 10. The van der Waals surface area contributed by atoms with Crippen molar-refractivity contribution < 1.29 is 17.1 Å². The second-order valence-electron chi connectivity index (χ2n) is 13.6. The van der Waals surface area contributed by atoms with Crippen LogP contribution in [0.2, 0.25) is 0 Å². The SMILES string of the molecule is O=c1[nH]c2cc3c(cc2[nH]1)-c1nc-3nc2[n-]c(nc3nc(nc4[n-]c(n1)c1cc5[nH]c(=O)[nH]c5cc41)-c1cc4[nH]c(=O)[nH]c4cc1-3)c1cc3[nH]c(=O)[nH]c3cc21.[Cu+2]. The van der Waals surface area contributed by atoms with Crippen molar-refractivity contribution in [1.82, 2.24) is 79.7 Å². The number of hydrogen-bond donors (Lipinski definition) is 8. The van der Waals surface area contributed by atoms with E-state index in [-0.39, 0.29) is 85.7 Å². The van der Waals surface area contributed by atoms with E-state index in [9.17, 15) is 19.2 Å². The third-order valence-electron chi connectivity index (χ3n) is 10.2. The van der Waals surface area contributed by atoms with E-state index in [0.717, 1.165) is 0 Å². The Hall–Kier alpha value is -8.16. The van der Waals surface area contributed by atoms with Gasteiger partial charge in [0.25, 0.3) is 0 Å². The Morgan fingerprint density at radius 3 is 0.754 bits per heavy atom. The van der Waals surface area contributed by atoms with Crippen LogP contribution in [0.1, 0.15) is 0 Å². The number of benzene rings is 4. The predicted molar refractivity (Wildman–Crippen MR) is 204 cm³/mol. The van der Waals surface area contributed by atoms with Crippen LogP contribution in [0.3, 0.4) is 0 Å². The van der Waals surface area contributed by atoms with Gasteiger partial charge in [0, 0.05) is 44.8 Å². The summed E-state index contributed by atoms with van der Waals surface area (Å²) in [6, 6.07) is 14.1. The summed E-state index contributed by atoms with van der Waals surface area (Å²) in [6.07, 6.45) is 0. The molecular formula is C36H16CuN16O4. The smallest absolute Gasteiger partial charge is 0.357 e. The van der Waals surface area contributed by atoms with Crippen molar-refractivity contribution in [3.63, 3.8) is 0 Å². The monoisotopic (exact) mass is 799 g/mol. The van der Waals surface area contributed by atoms with Crippen molar-refractivity contribution in [2.45, 2.75) is 0 Å². The summed E-state index contributed by atoms with van der Waals surface area (Å²) < 4.78 is 0. The molecule has 4 aromatic carbocycles. The van der Waals surface area contributed by atoms with E-state index in [2.05, 4.69) is 39.9 Å². The van der Waals surface area contributed by atoms with E-state index >= 15 is 0 Å². The standard InChI is InChI=1S/C36H18N16O4.Cu/c53-33-37-17-1-9-10(2-18(17)38-33)26-45-25(9)49-27-11-3-19-20(40-34(54)39-19)4-12(11)29(46-27)51-31-15-7-23-24(44-36(56)43-23)8-16(15)32(48-31)52-30-14-6-22-21(41-35(55)42-22)5-13(14)28(47-30)50-26;/h1-8H,(H10,37,38,39,40,41,42,43,44,45,46,47,48,49,50,51,52,53,54,55,56);/q;+2/p-2. The summed E-state index contributed by atoms with van der Waals surface area (Å²) in [5.74, 6) is 0.998. The van der Waals surface area contributed by atoms with Gasteiger partial charge < -0.3 is 69.8 Å². The molecule has 0 fully saturated rings. The Bertz CT molecular complexity index is 3570. The number of H-pyrrole nitrogens is 8. The van der Waals surface area contributed by atoms with E-state index < -0.39 is 0 Å². The second kappa shape index (κ2) is 10.5. The minimum absolute atomic E-state index is 0. The molecule has 0 atom stereocenters. The van der Waals surface area contributed by atoms with Gasteiger partial charge in [0.1, 0.15) is 0 Å². The van der Waals surface area contributed by atoms with Gasteiger partial charge in [0.15, 0.2) is 0 Å². The van der Waals surface area contributed by atoms with Gasteiger partial charge in [-0.05, 0) is 70.1 Å². The van der Waals surface area contributed by atoms with Crippen LogP contribution in [0.5, 0.6) is 0 Å². The molecule has 8 bridgehead atoms. The average molecular weight is 800 g/mol. The molecule has 13 rings (SSSR count). The zero-order valence-corrected chi connectivity index (χ0v) is 29.1. The molecule has 20 nitrogen and oxygen atoms in total. The molecular weight excluding hydrogens is 784 g/mol. The molecule has 21 heteroatoms. The van der Waals surface area contributed by atoms with Gasteiger partial charge in [-0.3, -0.25) is 0 Å². The Morgan fingerprint density at radius 2 is 0.526 bits per heavy atom. The number of aromatic nitrogens is 16. The third kappa shape index (κ3) is 4.36. The van der Waals surface area contributed by atoms with Crippen LogP contribution in [0, 0.1) is 0 Å². The largest absolute Gasteiger partial charge is 2.00 e. The molecule has 0 unspecified atom stereocenters. The van der Waals surface area contributed by atoms with Crippen LogP contribution in [-0.4, -0.2) is 69.8 Å². The Balaban J connectivity index is 0.00000356. The first-order chi connectivity index (χ1) is 27.2. The van der Waals surface area contributed by atoms with Gasteiger partial charge in [-0.25, -0.2) is 29.1 Å². The van der Waals surface area contributed by atoms with Crippen molar-refractivity contribution in [3.05, 3.63) is 90.5 Å². The summed E-state index contributed by atoms with van der Waals surface area (Å²) in [7, 11) is 0. The summed E-state index contributed by atoms with van der Waals surface area (Å²) >= 11 is 0. The quantitative estimate of drug-likeness (QED) is 0.103. The normalized spacial score (nSPS) is 12.4. The van der Waals surface area contributed by atoms with Gasteiger partial charge in [-0.1, -0.05) is 0 Å². The van der Waals surface area contributed by atoms with Crippen LogP contribution >= 0.6 is 0 Å². The minimum atomic E-state index is -0.384. The maximum absolute atomic E-state index is 12.4. The number of fused-ring (bicyclic) bond motifs is 24. The fourth-order valence-electron chi connectivity index (χ4n) is 7.78. The van der Waals surface area contributed by atoms with Crippen molar-refractivity contribution >= 4 is 88.3 Å². The van der Waals surface area contributed by atoms with Crippen molar-refractivity contribution in [3.8, 4) is 45.6 Å². The van der Waals surface area contributed by atoms with E-state index in [4.69, 9.17) is 39.9 Å². The number of imidazole rings is 4. The average Bonchev–Trinajstić information content (AvgIpc) is 4.03. The van der Waals surface area contributed by atoms with Crippen LogP contribution < -0.4 is 32.7 Å². The van der Waals surface area contributed by atoms with Gasteiger partial charge in [0.05, 0.1) is 67.4 Å². The fourth-order valence-corrected chi connectivity index (χ4v) is 7.78. The van der Waals surface area contributed by atoms with E-state index in [0.29, 0.717) is 87.9 Å². The van der Waals surface area contributed by atoms with Crippen LogP contribution in [0.4, 0.5) is 0 Å². The molecule has 57 heavy (non-hydrogen) atoms. The Labute approximate surface area is 320 Å². The Kier molecular flexibility index (Phi) is 5.77. The molecule has 8 N–H and O–H groups in total. The van der Waals surface area contributed by atoms with Gasteiger partial charge in [-0.2, -0.15) is 0 Å². The van der Waals surface area contributed by atoms with Gasteiger partial charge in [-0.15, -0.1) is 0 Å². The van der Waals surface area contributed by atoms with Crippen molar-refractivity contribution in [2.75, 3.05) is 0 Å². The molecule has 0 saturated heterocycles. The summed E-state index contributed by atoms with van der Waals surface area (Å²) in [5, 5.41) is 2.27. The number of aromatic amines is 8. The molecule has 275 valence electrons. The van der Waals surface area contributed by atoms with E-state index in [1.165, 1.54) is 0 Å². The molecule has 7 aromatic heterocycles. The molecule has 9 heterocycles. The summed E-state index contributed by atoms with van der Waals surface area (Å²) in [6.45, 7) is 0. The van der Waals surface area contributed by atoms with Gasteiger partial charge in [0.2, 0.25) is 0 Å². The zero-order valence-electron chi connectivity index (χ0n) is 28.1. The van der Waals surface area contributed by atoms with E-state index in [1.54, 1.807) is 48.5 Å². The van der Waals surface area contributed by atoms with Gasteiger partial charge >= 0.3 is 39.8 Å². The van der Waals surface area contributed by atoms with Crippen molar-refractivity contribution in [1.29, 1.82) is 0 Å². The number of rotatable bonds is 0. The van der Waals surface area contributed by atoms with Crippen LogP contribution in [-0.2, 0) is 17.1 Å². The van der Waals surface area contributed by atoms with Crippen molar-refractivity contribution in [2.24, 2.45) is 0 Å².